The Morgan fingerprint density at radius 3 is 2.76 bits per heavy atom. The molecule has 2 atom stereocenters. The zero-order chi connectivity index (χ0) is 15.5. The van der Waals surface area contributed by atoms with Crippen LogP contribution in [-0.4, -0.2) is 16.8 Å². The first kappa shape index (κ1) is 15.7. The highest BCUT2D eigenvalue weighted by Gasteiger charge is 2.41. The second-order valence-corrected chi connectivity index (χ2v) is 6.44. The summed E-state index contributed by atoms with van der Waals surface area (Å²) in [5, 5.41) is 12.3. The first-order valence-electron chi connectivity index (χ1n) is 7.70. The number of carbonyl (C=O) groups excluding carboxylic acids is 1. The van der Waals surface area contributed by atoms with Crippen molar-refractivity contribution in [1.29, 1.82) is 0 Å². The van der Waals surface area contributed by atoms with E-state index in [1.807, 2.05) is 6.92 Å². The van der Waals surface area contributed by atoms with Gasteiger partial charge in [-0.05, 0) is 44.2 Å². The number of amides is 1. The van der Waals surface area contributed by atoms with Crippen LogP contribution in [0.1, 0.15) is 46.5 Å². The molecule has 0 aromatic heterocycles. The van der Waals surface area contributed by atoms with E-state index in [1.165, 1.54) is 12.5 Å². The first-order valence-corrected chi connectivity index (χ1v) is 7.70. The number of benzene rings is 1. The van der Waals surface area contributed by atoms with Crippen molar-refractivity contribution in [1.82, 2.24) is 0 Å². The van der Waals surface area contributed by atoms with Crippen molar-refractivity contribution < 1.29 is 14.6 Å². The van der Waals surface area contributed by atoms with Crippen molar-refractivity contribution in [2.45, 2.75) is 52.1 Å². The van der Waals surface area contributed by atoms with Crippen molar-refractivity contribution in [2.75, 3.05) is 5.32 Å². The number of anilines is 1. The molecule has 1 aliphatic carbocycles. The third-order valence-electron chi connectivity index (χ3n) is 4.49. The fourth-order valence-corrected chi connectivity index (χ4v) is 3.42. The molecule has 21 heavy (non-hydrogen) atoms. The van der Waals surface area contributed by atoms with Gasteiger partial charge >= 0.3 is 6.09 Å². The SMILES string of the molecule is CC(C)[C@@H]1CCCCC1(C)OC(=O)Nc1ccccc1O. The normalized spacial score (nSPS) is 25.6. The molecule has 0 bridgehead atoms. The van der Waals surface area contributed by atoms with Crippen LogP contribution in [-0.2, 0) is 4.74 Å². The Balaban J connectivity index is 2.05. The van der Waals surface area contributed by atoms with E-state index in [9.17, 15) is 9.90 Å². The molecule has 1 unspecified atom stereocenters. The van der Waals surface area contributed by atoms with Gasteiger partial charge in [0.15, 0.2) is 0 Å². The third-order valence-corrected chi connectivity index (χ3v) is 4.49. The highest BCUT2D eigenvalue weighted by molar-refractivity contribution is 5.86. The maximum absolute atomic E-state index is 12.2. The Bertz CT molecular complexity index is 501. The highest BCUT2D eigenvalue weighted by atomic mass is 16.6. The summed E-state index contributed by atoms with van der Waals surface area (Å²) in [4.78, 5) is 12.2. The average molecular weight is 291 g/mol. The van der Waals surface area contributed by atoms with Crippen LogP contribution >= 0.6 is 0 Å². The maximum Gasteiger partial charge on any atom is 0.412 e. The number of para-hydroxylation sites is 2. The molecule has 1 saturated carbocycles. The number of hydrogen-bond donors (Lipinski definition) is 2. The second kappa shape index (κ2) is 6.37. The van der Waals surface area contributed by atoms with Crippen LogP contribution in [0.15, 0.2) is 24.3 Å². The lowest BCUT2D eigenvalue weighted by Gasteiger charge is -2.42. The summed E-state index contributed by atoms with van der Waals surface area (Å²) in [6.07, 6.45) is 3.78. The molecule has 1 fully saturated rings. The molecule has 1 aromatic carbocycles. The molecule has 116 valence electrons. The van der Waals surface area contributed by atoms with Crippen molar-refractivity contribution in [3.63, 3.8) is 0 Å². The minimum atomic E-state index is -0.494. The monoisotopic (exact) mass is 291 g/mol. The van der Waals surface area contributed by atoms with Crippen LogP contribution in [0.4, 0.5) is 10.5 Å². The zero-order valence-corrected chi connectivity index (χ0v) is 13.1. The number of rotatable bonds is 3. The quantitative estimate of drug-likeness (QED) is 0.803. The molecular formula is C17H25NO3. The van der Waals surface area contributed by atoms with Crippen LogP contribution in [0.3, 0.4) is 0 Å². The summed E-state index contributed by atoms with van der Waals surface area (Å²) in [7, 11) is 0. The number of phenolic OH excluding ortho intramolecular Hbond substituents is 1. The van der Waals surface area contributed by atoms with E-state index >= 15 is 0 Å². The van der Waals surface area contributed by atoms with Gasteiger partial charge in [-0.15, -0.1) is 0 Å². The van der Waals surface area contributed by atoms with E-state index < -0.39 is 11.7 Å². The van der Waals surface area contributed by atoms with Gasteiger partial charge in [0, 0.05) is 5.92 Å². The zero-order valence-electron chi connectivity index (χ0n) is 13.1. The Labute approximate surface area is 126 Å². The van der Waals surface area contributed by atoms with Gasteiger partial charge in [-0.3, -0.25) is 5.32 Å². The van der Waals surface area contributed by atoms with Crippen LogP contribution in [0.25, 0.3) is 0 Å². The Kier molecular flexibility index (Phi) is 4.76. The standard InChI is InChI=1S/C17H25NO3/c1-12(2)13-8-6-7-11-17(13,3)21-16(20)18-14-9-4-5-10-15(14)19/h4-5,9-10,12-13,19H,6-8,11H2,1-3H3,(H,18,20)/t13-,17?/m0/s1. The fraction of sp³-hybridized carbons (Fsp3) is 0.588. The molecular weight excluding hydrogens is 266 g/mol. The molecule has 0 saturated heterocycles. The van der Waals surface area contributed by atoms with Crippen LogP contribution < -0.4 is 5.32 Å². The van der Waals surface area contributed by atoms with Gasteiger partial charge in [0.1, 0.15) is 11.4 Å². The highest BCUT2D eigenvalue weighted by Crippen LogP contribution is 2.41. The summed E-state index contributed by atoms with van der Waals surface area (Å²) in [5.41, 5.74) is -0.0519. The summed E-state index contributed by atoms with van der Waals surface area (Å²) in [5.74, 6) is 0.901. The van der Waals surface area contributed by atoms with Crippen molar-refractivity contribution in [2.24, 2.45) is 11.8 Å². The van der Waals surface area contributed by atoms with Crippen molar-refractivity contribution >= 4 is 11.8 Å². The van der Waals surface area contributed by atoms with E-state index in [1.54, 1.807) is 18.2 Å². The lowest BCUT2D eigenvalue weighted by molar-refractivity contribution is -0.0558. The predicted molar refractivity (Wildman–Crippen MR) is 83.4 cm³/mol. The minimum Gasteiger partial charge on any atom is -0.506 e. The van der Waals surface area contributed by atoms with Gasteiger partial charge < -0.3 is 9.84 Å². The molecule has 0 spiro atoms. The van der Waals surface area contributed by atoms with Gasteiger partial charge in [0.2, 0.25) is 0 Å². The number of phenols is 1. The Morgan fingerprint density at radius 1 is 1.38 bits per heavy atom. The number of aromatic hydroxyl groups is 1. The van der Waals surface area contributed by atoms with E-state index in [4.69, 9.17) is 4.74 Å². The van der Waals surface area contributed by atoms with E-state index in [0.717, 1.165) is 19.3 Å². The average Bonchev–Trinajstić information content (AvgIpc) is 2.41. The number of ether oxygens (including phenoxy) is 1. The molecule has 4 heteroatoms. The molecule has 1 amide bonds. The fourth-order valence-electron chi connectivity index (χ4n) is 3.42. The van der Waals surface area contributed by atoms with Gasteiger partial charge in [-0.1, -0.05) is 32.4 Å². The van der Waals surface area contributed by atoms with Gasteiger partial charge in [-0.25, -0.2) is 4.79 Å². The largest absolute Gasteiger partial charge is 0.506 e. The van der Waals surface area contributed by atoms with E-state index in [-0.39, 0.29) is 5.75 Å². The van der Waals surface area contributed by atoms with Gasteiger partial charge in [-0.2, -0.15) is 0 Å². The lowest BCUT2D eigenvalue weighted by Crippen LogP contribution is -2.45. The van der Waals surface area contributed by atoms with Crippen molar-refractivity contribution in [3.05, 3.63) is 24.3 Å². The van der Waals surface area contributed by atoms with E-state index in [2.05, 4.69) is 19.2 Å². The molecule has 1 aromatic rings. The molecule has 2 N–H and O–H groups in total. The summed E-state index contributed by atoms with van der Waals surface area (Å²) in [6, 6.07) is 6.66. The molecule has 0 radical (unpaired) electrons. The topological polar surface area (TPSA) is 58.6 Å². The van der Waals surface area contributed by atoms with Gasteiger partial charge in [0.25, 0.3) is 0 Å². The van der Waals surface area contributed by atoms with Crippen LogP contribution in [0, 0.1) is 11.8 Å². The lowest BCUT2D eigenvalue weighted by atomic mass is 9.71. The molecule has 4 nitrogen and oxygen atoms in total. The first-order chi connectivity index (χ1) is 9.92. The van der Waals surface area contributed by atoms with Gasteiger partial charge in [0.05, 0.1) is 5.69 Å². The number of nitrogens with one attached hydrogen (secondary N) is 1. The van der Waals surface area contributed by atoms with E-state index in [0.29, 0.717) is 17.5 Å². The van der Waals surface area contributed by atoms with Crippen molar-refractivity contribution in [3.8, 4) is 5.75 Å². The molecule has 0 heterocycles. The predicted octanol–water partition coefficient (Wildman–Crippen LogP) is 4.55. The summed E-state index contributed by atoms with van der Waals surface area (Å²) < 4.78 is 5.75. The molecule has 0 aliphatic heterocycles. The maximum atomic E-state index is 12.2. The van der Waals surface area contributed by atoms with Crippen LogP contribution in [0.2, 0.25) is 0 Å². The summed E-state index contributed by atoms with van der Waals surface area (Å²) >= 11 is 0. The number of hydrogen-bond acceptors (Lipinski definition) is 3. The Morgan fingerprint density at radius 2 is 2.10 bits per heavy atom. The third kappa shape index (κ3) is 3.69. The van der Waals surface area contributed by atoms with Crippen LogP contribution in [0.5, 0.6) is 5.75 Å². The minimum absolute atomic E-state index is 0.0451. The molecule has 1 aliphatic rings. The number of carbonyl (C=O) groups is 1. The Hall–Kier alpha value is -1.71. The molecule has 2 rings (SSSR count). The second-order valence-electron chi connectivity index (χ2n) is 6.44. The smallest absolute Gasteiger partial charge is 0.412 e. The summed E-state index contributed by atoms with van der Waals surface area (Å²) in [6.45, 7) is 6.39.